The van der Waals surface area contributed by atoms with Gasteiger partial charge >= 0.3 is 0 Å². The van der Waals surface area contributed by atoms with Crippen molar-refractivity contribution < 1.29 is 0 Å². The second kappa shape index (κ2) is 8.34. The average Bonchev–Trinajstić information content (AvgIpc) is 2.67. The van der Waals surface area contributed by atoms with Crippen molar-refractivity contribution in [1.29, 1.82) is 0 Å². The van der Waals surface area contributed by atoms with Crippen LogP contribution >= 0.6 is 0 Å². The molecule has 0 saturated carbocycles. The second-order valence-corrected chi connectivity index (χ2v) is 8.16. The van der Waals surface area contributed by atoms with E-state index in [9.17, 15) is 0 Å². The zero-order chi connectivity index (χ0) is 21.0. The Hall–Kier alpha value is -3.35. The number of hydrogen-bond donors (Lipinski definition) is 2. The van der Waals surface area contributed by atoms with Crippen molar-refractivity contribution in [2.45, 2.75) is 46.1 Å². The van der Waals surface area contributed by atoms with Gasteiger partial charge in [-0.3, -0.25) is 9.98 Å². The lowest BCUT2D eigenvalue weighted by molar-refractivity contribution is 0.587. The van der Waals surface area contributed by atoms with Gasteiger partial charge in [-0.15, -0.1) is 5.10 Å². The number of allylic oxidation sites excluding steroid dienone is 1. The molecule has 3 heterocycles. The molecule has 150 valence electrons. The summed E-state index contributed by atoms with van der Waals surface area (Å²) in [5, 5.41) is 11.4. The maximum absolute atomic E-state index is 5.82. The largest absolute Gasteiger partial charge is 0.404 e. The summed E-state index contributed by atoms with van der Waals surface area (Å²) in [6.07, 6.45) is 6.87. The van der Waals surface area contributed by atoms with Gasteiger partial charge < -0.3 is 11.1 Å². The highest BCUT2D eigenvalue weighted by Crippen LogP contribution is 2.22. The fourth-order valence-corrected chi connectivity index (χ4v) is 2.60. The fraction of sp³-hybridized carbons (Fsp3) is 0.318. The molecule has 7 nitrogen and oxygen atoms in total. The van der Waals surface area contributed by atoms with Crippen LogP contribution in [0.5, 0.6) is 0 Å². The minimum Gasteiger partial charge on any atom is -0.404 e. The Bertz CT molecular complexity index is 1060. The molecule has 3 aromatic heterocycles. The van der Waals surface area contributed by atoms with E-state index in [2.05, 4.69) is 44.3 Å². The van der Waals surface area contributed by atoms with Crippen molar-refractivity contribution in [1.82, 2.24) is 20.2 Å². The normalized spacial score (nSPS) is 12.8. The van der Waals surface area contributed by atoms with Gasteiger partial charge in [-0.05, 0) is 56.5 Å². The molecule has 3 N–H and O–H groups in total. The third-order valence-electron chi connectivity index (χ3n) is 4.24. The molecular formula is C22H27N7. The number of rotatable bonds is 5. The summed E-state index contributed by atoms with van der Waals surface area (Å²) in [5.74, 6) is 1.71. The Morgan fingerprint density at radius 3 is 2.59 bits per heavy atom. The topological polar surface area (TPSA) is 102 Å². The van der Waals surface area contributed by atoms with Gasteiger partial charge in [-0.2, -0.15) is 5.10 Å². The Balaban J connectivity index is 1.91. The van der Waals surface area contributed by atoms with E-state index in [0.29, 0.717) is 17.6 Å². The molecule has 0 bridgehead atoms. The van der Waals surface area contributed by atoms with Crippen molar-refractivity contribution in [3.63, 3.8) is 0 Å². The van der Waals surface area contributed by atoms with Crippen LogP contribution < -0.4 is 11.1 Å². The highest BCUT2D eigenvalue weighted by atomic mass is 15.2. The summed E-state index contributed by atoms with van der Waals surface area (Å²) < 4.78 is 0. The van der Waals surface area contributed by atoms with E-state index in [1.807, 2.05) is 45.0 Å². The van der Waals surface area contributed by atoms with Gasteiger partial charge in [0.1, 0.15) is 5.82 Å². The zero-order valence-corrected chi connectivity index (χ0v) is 17.5. The molecule has 0 spiro atoms. The van der Waals surface area contributed by atoms with Crippen molar-refractivity contribution >= 4 is 34.5 Å². The number of aliphatic imine (C=N–C) groups is 1. The summed E-state index contributed by atoms with van der Waals surface area (Å²) in [7, 11) is 0. The van der Waals surface area contributed by atoms with Crippen LogP contribution in [0.2, 0.25) is 0 Å². The van der Waals surface area contributed by atoms with E-state index < -0.39 is 0 Å². The minimum atomic E-state index is -0.181. The molecule has 0 atom stereocenters. The molecule has 0 amide bonds. The summed E-state index contributed by atoms with van der Waals surface area (Å²) in [4.78, 5) is 13.7. The Morgan fingerprint density at radius 2 is 1.90 bits per heavy atom. The number of aromatic nitrogens is 4. The maximum atomic E-state index is 5.82. The monoisotopic (exact) mass is 389 g/mol. The van der Waals surface area contributed by atoms with Gasteiger partial charge in [-0.25, -0.2) is 4.98 Å². The average molecular weight is 390 g/mol. The van der Waals surface area contributed by atoms with Crippen LogP contribution in [-0.2, 0) is 0 Å². The molecule has 3 rings (SSSR count). The number of fused-ring (bicyclic) bond motifs is 1. The maximum Gasteiger partial charge on any atom is 0.154 e. The van der Waals surface area contributed by atoms with Crippen LogP contribution in [0.1, 0.15) is 51.7 Å². The lowest BCUT2D eigenvalue weighted by Crippen LogP contribution is -2.10. The zero-order valence-electron chi connectivity index (χ0n) is 17.5. The van der Waals surface area contributed by atoms with Crippen molar-refractivity contribution in [2.75, 3.05) is 5.32 Å². The Labute approximate surface area is 171 Å². The molecule has 0 aliphatic rings. The summed E-state index contributed by atoms with van der Waals surface area (Å²) in [5.41, 5.74) is 9.96. The first-order valence-electron chi connectivity index (χ1n) is 9.59. The molecule has 0 fully saturated rings. The fourth-order valence-electron chi connectivity index (χ4n) is 2.60. The third-order valence-corrected chi connectivity index (χ3v) is 4.24. The van der Waals surface area contributed by atoms with Crippen molar-refractivity contribution in [3.05, 3.63) is 54.0 Å². The van der Waals surface area contributed by atoms with E-state index >= 15 is 0 Å². The predicted molar refractivity (Wildman–Crippen MR) is 119 cm³/mol. The molecular weight excluding hydrogens is 362 g/mol. The molecule has 0 aromatic carbocycles. The highest BCUT2D eigenvalue weighted by molar-refractivity contribution is 6.10. The van der Waals surface area contributed by atoms with Crippen molar-refractivity contribution in [2.24, 2.45) is 10.7 Å². The van der Waals surface area contributed by atoms with Crippen LogP contribution in [0.15, 0.2) is 47.9 Å². The van der Waals surface area contributed by atoms with Gasteiger partial charge in [0.05, 0.1) is 22.8 Å². The molecule has 0 aliphatic carbocycles. The molecule has 29 heavy (non-hydrogen) atoms. The van der Waals surface area contributed by atoms with E-state index in [1.54, 1.807) is 18.6 Å². The van der Waals surface area contributed by atoms with E-state index in [0.717, 1.165) is 27.7 Å². The van der Waals surface area contributed by atoms with E-state index in [1.165, 1.54) is 6.20 Å². The molecule has 0 unspecified atom stereocenters. The molecule has 7 heteroatoms. The first-order valence-corrected chi connectivity index (χ1v) is 9.59. The summed E-state index contributed by atoms with van der Waals surface area (Å²) in [6.45, 7) is 10.3. The van der Waals surface area contributed by atoms with Crippen LogP contribution in [0.3, 0.4) is 0 Å². The standard InChI is InChI=1S/C22H27N7/c1-14(2)15-9-21(29-26-13-15)28-20-7-6-18-19(27-20)8-16(11-24-18)17(10-23)12-25-22(3,4)5/h6-14H,23H2,1-5H3,(H,27,28,29). The molecule has 0 radical (unpaired) electrons. The van der Waals surface area contributed by atoms with Crippen LogP contribution in [0.4, 0.5) is 11.6 Å². The van der Waals surface area contributed by atoms with E-state index in [-0.39, 0.29) is 5.54 Å². The van der Waals surface area contributed by atoms with Crippen LogP contribution in [-0.4, -0.2) is 31.9 Å². The summed E-state index contributed by atoms with van der Waals surface area (Å²) >= 11 is 0. The molecule has 0 saturated heterocycles. The van der Waals surface area contributed by atoms with Crippen molar-refractivity contribution in [3.8, 4) is 0 Å². The van der Waals surface area contributed by atoms with Gasteiger partial charge in [-0.1, -0.05) is 13.8 Å². The first-order chi connectivity index (χ1) is 13.7. The highest BCUT2D eigenvalue weighted by Gasteiger charge is 2.09. The van der Waals surface area contributed by atoms with Gasteiger partial charge in [0.25, 0.3) is 0 Å². The Kier molecular flexibility index (Phi) is 5.87. The number of anilines is 2. The molecule has 0 aliphatic heterocycles. The quantitative estimate of drug-likeness (QED) is 0.625. The van der Waals surface area contributed by atoms with Gasteiger partial charge in [0.2, 0.25) is 0 Å². The van der Waals surface area contributed by atoms with Crippen LogP contribution in [0, 0.1) is 0 Å². The smallest absolute Gasteiger partial charge is 0.154 e. The van der Waals surface area contributed by atoms with Crippen LogP contribution in [0.25, 0.3) is 16.6 Å². The third kappa shape index (κ3) is 5.34. The number of nitrogens with zero attached hydrogens (tertiary/aromatic N) is 5. The Morgan fingerprint density at radius 1 is 1.10 bits per heavy atom. The SMILES string of the molecule is CC(C)c1cnnc(Nc2ccc3ncc(C(C=NC(C)(C)C)=CN)cc3n2)c1. The summed E-state index contributed by atoms with van der Waals surface area (Å²) in [6, 6.07) is 7.73. The van der Waals surface area contributed by atoms with Gasteiger partial charge in [0.15, 0.2) is 5.82 Å². The minimum absolute atomic E-state index is 0.181. The lowest BCUT2D eigenvalue weighted by Gasteiger charge is -2.12. The second-order valence-electron chi connectivity index (χ2n) is 8.16. The number of hydrogen-bond acceptors (Lipinski definition) is 7. The lowest BCUT2D eigenvalue weighted by atomic mass is 10.1. The number of pyridine rings is 2. The van der Waals surface area contributed by atoms with Gasteiger partial charge in [0, 0.05) is 29.7 Å². The first kappa shape index (κ1) is 20.4. The number of nitrogens with one attached hydrogen (secondary N) is 1. The molecule has 3 aromatic rings. The number of nitrogens with two attached hydrogens (primary N) is 1. The van der Waals surface area contributed by atoms with E-state index in [4.69, 9.17) is 5.73 Å². The predicted octanol–water partition coefficient (Wildman–Crippen LogP) is 4.46.